The highest BCUT2D eigenvalue weighted by Gasteiger charge is 2.21. The van der Waals surface area contributed by atoms with Crippen LogP contribution in [0.25, 0.3) is 110 Å². The van der Waals surface area contributed by atoms with Crippen LogP contribution in [0, 0.1) is 0 Å². The molecule has 0 aliphatic rings. The molecule has 1 aromatic heterocycles. The maximum absolute atomic E-state index is 9.62. The summed E-state index contributed by atoms with van der Waals surface area (Å²) < 4.78 is 125. The summed E-state index contributed by atoms with van der Waals surface area (Å²) in [4.78, 5) is 0. The van der Waals surface area contributed by atoms with Gasteiger partial charge < -0.3 is 4.42 Å². The molecule has 10 aromatic carbocycles. The minimum absolute atomic E-state index is 0.000540. The average Bonchev–Trinajstić information content (AvgIpc) is 3.76. The zero-order valence-electron chi connectivity index (χ0n) is 42.0. The van der Waals surface area contributed by atoms with Crippen LogP contribution in [0.3, 0.4) is 0 Å². The largest absolute Gasteiger partial charge is 0.455 e. The number of furan rings is 1. The Balaban J connectivity index is 1.25. The van der Waals surface area contributed by atoms with Crippen LogP contribution in [0.5, 0.6) is 0 Å². The Kier molecular flexibility index (Phi) is 4.83. The van der Waals surface area contributed by atoms with Gasteiger partial charge >= 0.3 is 0 Å². The van der Waals surface area contributed by atoms with E-state index < -0.39 is 78.6 Å². The lowest BCUT2D eigenvalue weighted by atomic mass is 9.82. The first-order valence-corrected chi connectivity index (χ1v) is 17.9. The molecule has 1 heterocycles. The summed E-state index contributed by atoms with van der Waals surface area (Å²) in [5.41, 5.74) is 5.53. The Hall–Kier alpha value is -7.22. The Morgan fingerprint density at radius 3 is 1.44 bits per heavy atom. The molecule has 0 aliphatic carbocycles. The molecule has 256 valence electrons. The summed E-state index contributed by atoms with van der Waals surface area (Å²) in [6.07, 6.45) is 0. The van der Waals surface area contributed by atoms with Crippen LogP contribution in [-0.4, -0.2) is 0 Å². The molecule has 0 fully saturated rings. The van der Waals surface area contributed by atoms with Crippen molar-refractivity contribution in [2.24, 2.45) is 0 Å². The van der Waals surface area contributed by atoms with E-state index in [2.05, 4.69) is 0 Å². The van der Waals surface area contributed by atoms with Crippen molar-refractivity contribution >= 4 is 54.3 Å². The molecule has 0 spiro atoms. The first-order chi connectivity index (χ1) is 32.7. The van der Waals surface area contributed by atoms with Gasteiger partial charge in [-0.15, -0.1) is 0 Å². The highest BCUT2D eigenvalue weighted by Crippen LogP contribution is 2.49. The van der Waals surface area contributed by atoms with Crippen LogP contribution in [-0.2, 0) is 0 Å². The van der Waals surface area contributed by atoms with Crippen LogP contribution >= 0.6 is 0 Å². The van der Waals surface area contributed by atoms with Crippen molar-refractivity contribution in [2.75, 3.05) is 0 Å². The van der Waals surface area contributed by atoms with Gasteiger partial charge in [0.05, 0.1) is 17.8 Å². The monoisotopic (exact) mass is 711 g/mol. The molecule has 0 radical (unpaired) electrons. The van der Waals surface area contributed by atoms with E-state index in [1.54, 1.807) is 48.5 Å². The second kappa shape index (κ2) is 12.7. The molecule has 0 saturated heterocycles. The lowest BCUT2D eigenvalue weighted by molar-refractivity contribution is 0.671. The van der Waals surface area contributed by atoms with Crippen LogP contribution in [0.4, 0.5) is 0 Å². The van der Waals surface area contributed by atoms with E-state index in [1.165, 1.54) is 0 Å². The molecule has 0 saturated carbocycles. The van der Waals surface area contributed by atoms with Gasteiger partial charge in [-0.3, -0.25) is 0 Å². The van der Waals surface area contributed by atoms with Gasteiger partial charge in [-0.2, -0.15) is 0 Å². The van der Waals surface area contributed by atoms with E-state index in [0.29, 0.717) is 21.9 Å². The van der Waals surface area contributed by atoms with Crippen LogP contribution in [0.2, 0.25) is 0 Å². The molecule has 1 nitrogen and oxygen atoms in total. The number of fused-ring (bicyclic) bond motifs is 6. The van der Waals surface area contributed by atoms with Crippen molar-refractivity contribution in [3.63, 3.8) is 0 Å². The highest BCUT2D eigenvalue weighted by atomic mass is 16.3. The number of hydrogen-bond acceptors (Lipinski definition) is 1. The smallest absolute Gasteiger partial charge is 0.143 e. The second-order valence-corrected chi connectivity index (χ2v) is 13.4. The fourth-order valence-electron chi connectivity index (χ4n) is 8.01. The van der Waals surface area contributed by atoms with E-state index in [4.69, 9.17) is 16.8 Å². The minimum atomic E-state index is -0.605. The molecule has 1 heteroatoms. The molecule has 11 aromatic rings. The Morgan fingerprint density at radius 2 is 0.800 bits per heavy atom. The third kappa shape index (κ3) is 5.01. The SMILES string of the molecule is [2H]c1c([2H])c([2H])c(-c2ccc3ccccc3c2-c2c3c([2H])c([2H])c([2H])c([2H])c3c(-c3ccc(-c4cccc5c4oc4c(-c6ccccc6)cccc45)cc3)c3c([2H])c([2H])c([2H])c([2H])c23)c([2H])c1[2H]. The summed E-state index contributed by atoms with van der Waals surface area (Å²) in [5.74, 6) is 0. The molecular weight excluding hydrogens is 665 g/mol. The van der Waals surface area contributed by atoms with Gasteiger partial charge in [-0.25, -0.2) is 0 Å². The number of hydrogen-bond donors (Lipinski definition) is 0. The van der Waals surface area contributed by atoms with Crippen molar-refractivity contribution in [3.8, 4) is 55.6 Å². The number of rotatable bonds is 5. The van der Waals surface area contributed by atoms with Crippen LogP contribution in [0.15, 0.2) is 210 Å². The van der Waals surface area contributed by atoms with E-state index >= 15 is 0 Å². The van der Waals surface area contributed by atoms with Gasteiger partial charge in [0.1, 0.15) is 11.2 Å². The number of benzene rings is 10. The Labute approximate surface area is 337 Å². The molecule has 0 amide bonds. The van der Waals surface area contributed by atoms with Crippen LogP contribution < -0.4 is 0 Å². The summed E-state index contributed by atoms with van der Waals surface area (Å²) in [6.45, 7) is 0. The van der Waals surface area contributed by atoms with Crippen molar-refractivity contribution in [2.45, 2.75) is 0 Å². The van der Waals surface area contributed by atoms with Gasteiger partial charge in [0.15, 0.2) is 0 Å². The molecule has 0 atom stereocenters. The minimum Gasteiger partial charge on any atom is -0.455 e. The zero-order chi connectivity index (χ0) is 47.6. The standard InChI is InChI=1S/C54H34O/c1-3-15-35(16-4-1)41-34-33-37-19-7-8-20-40(37)51(41)52-46-23-11-9-21-44(46)50(45-22-10-12-24-47(45)52)39-31-29-38(30-32-39)43-26-14-28-49-48-27-13-25-42(53(48)55-54(43)49)36-17-5-2-6-18-36/h1-34H/i1D,3D,4D,9D,10D,11D,12D,15D,16D,21D,22D,23D,24D. The van der Waals surface area contributed by atoms with Gasteiger partial charge in [-0.05, 0) is 76.8 Å². The van der Waals surface area contributed by atoms with Gasteiger partial charge in [0.25, 0.3) is 0 Å². The first-order valence-electron chi connectivity index (χ1n) is 24.4. The second-order valence-electron chi connectivity index (χ2n) is 13.4. The van der Waals surface area contributed by atoms with E-state index in [9.17, 15) is 5.48 Å². The molecule has 0 aliphatic heterocycles. The quantitative estimate of drug-likeness (QED) is 0.162. The lowest BCUT2D eigenvalue weighted by Crippen LogP contribution is -1.94. The maximum atomic E-state index is 9.62. The van der Waals surface area contributed by atoms with Crippen LogP contribution in [0.1, 0.15) is 17.8 Å². The molecule has 0 N–H and O–H groups in total. The van der Waals surface area contributed by atoms with E-state index in [1.807, 2.05) is 78.9 Å². The summed E-state index contributed by atoms with van der Waals surface area (Å²) in [7, 11) is 0. The third-order valence-electron chi connectivity index (χ3n) is 10.4. The topological polar surface area (TPSA) is 13.1 Å². The van der Waals surface area contributed by atoms with Crippen molar-refractivity contribution in [1.82, 2.24) is 0 Å². The molecular formula is C54H34O. The van der Waals surface area contributed by atoms with Gasteiger partial charge in [0, 0.05) is 21.9 Å². The summed E-state index contributed by atoms with van der Waals surface area (Å²) in [5, 5.41) is 2.74. The summed E-state index contributed by atoms with van der Waals surface area (Å²) >= 11 is 0. The molecule has 11 rings (SSSR count). The fraction of sp³-hybridized carbons (Fsp3) is 0. The van der Waals surface area contributed by atoms with Gasteiger partial charge in [0.2, 0.25) is 0 Å². The maximum Gasteiger partial charge on any atom is 0.143 e. The highest BCUT2D eigenvalue weighted by molar-refractivity contribution is 6.25. The average molecular weight is 712 g/mol. The zero-order valence-corrected chi connectivity index (χ0v) is 29.0. The predicted molar refractivity (Wildman–Crippen MR) is 233 cm³/mol. The predicted octanol–water partition coefficient (Wildman–Crippen LogP) is 15.4. The van der Waals surface area contributed by atoms with Gasteiger partial charge in [-0.1, -0.05) is 206 Å². The third-order valence-corrected chi connectivity index (χ3v) is 10.4. The lowest BCUT2D eigenvalue weighted by Gasteiger charge is -2.21. The van der Waals surface area contributed by atoms with E-state index in [-0.39, 0.29) is 49.4 Å². The molecule has 0 bridgehead atoms. The van der Waals surface area contributed by atoms with Crippen molar-refractivity contribution in [1.29, 1.82) is 0 Å². The summed E-state index contributed by atoms with van der Waals surface area (Å²) in [6, 6.07) is 32.5. The first kappa shape index (κ1) is 20.9. The van der Waals surface area contributed by atoms with Crippen molar-refractivity contribution < 1.29 is 22.2 Å². The Morgan fingerprint density at radius 1 is 0.291 bits per heavy atom. The number of para-hydroxylation sites is 2. The Bertz CT molecular complexity index is 3880. The van der Waals surface area contributed by atoms with E-state index in [0.717, 1.165) is 38.6 Å². The normalized spacial score (nSPS) is 14.9. The fourth-order valence-corrected chi connectivity index (χ4v) is 8.01. The van der Waals surface area contributed by atoms with Crippen molar-refractivity contribution in [3.05, 3.63) is 206 Å². The molecule has 0 unspecified atom stereocenters. The molecule has 55 heavy (non-hydrogen) atoms.